The Labute approximate surface area is 196 Å². The maximum atomic E-state index is 11.9. The second-order valence-corrected chi connectivity index (χ2v) is 11.1. The van der Waals surface area contributed by atoms with Crippen molar-refractivity contribution < 1.29 is 22.7 Å². The number of ether oxygens (including phenoxy) is 2. The first-order valence-electron chi connectivity index (χ1n) is 11.0. The zero-order chi connectivity index (χ0) is 24.1. The van der Waals surface area contributed by atoms with Crippen LogP contribution < -0.4 is 14.8 Å². The van der Waals surface area contributed by atoms with Crippen molar-refractivity contribution in [3.63, 3.8) is 0 Å². The van der Waals surface area contributed by atoms with Crippen molar-refractivity contribution in [2.24, 2.45) is 0 Å². The molecule has 0 atom stereocenters. The summed E-state index contributed by atoms with van der Waals surface area (Å²) >= 11 is 0. The molecule has 0 bridgehead atoms. The van der Waals surface area contributed by atoms with E-state index in [1.165, 1.54) is 5.56 Å². The molecule has 1 aliphatic heterocycles. The van der Waals surface area contributed by atoms with E-state index in [1.807, 2.05) is 45.0 Å². The summed E-state index contributed by atoms with van der Waals surface area (Å²) in [6.07, 6.45) is 2.55. The molecule has 3 rings (SSSR count). The normalized spacial score (nSPS) is 15.6. The second-order valence-electron chi connectivity index (χ2n) is 9.34. The minimum absolute atomic E-state index is 0.144. The highest BCUT2D eigenvalue weighted by molar-refractivity contribution is 7.92. The third-order valence-corrected chi connectivity index (χ3v) is 5.64. The van der Waals surface area contributed by atoms with Crippen molar-refractivity contribution in [1.82, 2.24) is 10.2 Å². The zero-order valence-corrected chi connectivity index (χ0v) is 20.4. The van der Waals surface area contributed by atoms with Crippen molar-refractivity contribution in [1.29, 1.82) is 0 Å². The van der Waals surface area contributed by atoms with Gasteiger partial charge in [-0.25, -0.2) is 13.2 Å². The van der Waals surface area contributed by atoms with E-state index < -0.39 is 15.6 Å². The van der Waals surface area contributed by atoms with Crippen LogP contribution >= 0.6 is 0 Å². The number of carbonyl (C=O) groups is 1. The van der Waals surface area contributed by atoms with Crippen LogP contribution in [-0.2, 0) is 21.3 Å². The zero-order valence-electron chi connectivity index (χ0n) is 19.6. The lowest BCUT2D eigenvalue weighted by molar-refractivity contribution is 0.0477. The topological polar surface area (TPSA) is 97.0 Å². The van der Waals surface area contributed by atoms with Crippen molar-refractivity contribution in [2.45, 2.75) is 51.8 Å². The third kappa shape index (κ3) is 8.94. The van der Waals surface area contributed by atoms with Gasteiger partial charge in [-0.15, -0.1) is 0 Å². The molecule has 33 heavy (non-hydrogen) atoms. The largest absolute Gasteiger partial charge is 0.457 e. The van der Waals surface area contributed by atoms with E-state index in [2.05, 4.69) is 14.9 Å². The van der Waals surface area contributed by atoms with E-state index in [9.17, 15) is 13.2 Å². The Morgan fingerprint density at radius 2 is 1.55 bits per heavy atom. The Balaban J connectivity index is 1.44. The standard InChI is InChI=1S/C24H33N3O5S/c1-24(2,3)32-23(28)25-19-13-15-27(16-14-19)17-18-5-9-21(10-6-18)31-22-11-7-20(8-12-22)26-33(4,29)30/h5-12,19,26H,13-17H2,1-4H3,(H,25,28). The average Bonchev–Trinajstić information content (AvgIpc) is 2.70. The quantitative estimate of drug-likeness (QED) is 0.618. The van der Waals surface area contributed by atoms with Gasteiger partial charge in [0.05, 0.1) is 6.26 Å². The van der Waals surface area contributed by atoms with Gasteiger partial charge < -0.3 is 14.8 Å². The summed E-state index contributed by atoms with van der Waals surface area (Å²) in [6, 6.07) is 14.8. The number of hydrogen-bond donors (Lipinski definition) is 2. The van der Waals surface area contributed by atoms with Gasteiger partial charge in [-0.2, -0.15) is 0 Å². The Hall–Kier alpha value is -2.78. The molecule has 0 radical (unpaired) electrons. The number of nitrogens with zero attached hydrogens (tertiary/aromatic N) is 1. The average molecular weight is 476 g/mol. The van der Waals surface area contributed by atoms with Gasteiger partial charge in [0.2, 0.25) is 10.0 Å². The number of anilines is 1. The van der Waals surface area contributed by atoms with Gasteiger partial charge in [0, 0.05) is 31.4 Å². The summed E-state index contributed by atoms with van der Waals surface area (Å²) in [6.45, 7) is 8.24. The first-order valence-corrected chi connectivity index (χ1v) is 12.9. The van der Waals surface area contributed by atoms with Crippen molar-refractivity contribution in [3.8, 4) is 11.5 Å². The van der Waals surface area contributed by atoms with Crippen LogP contribution in [0.2, 0.25) is 0 Å². The van der Waals surface area contributed by atoms with Crippen molar-refractivity contribution in [2.75, 3.05) is 24.1 Å². The number of piperidine rings is 1. The molecule has 1 heterocycles. The summed E-state index contributed by atoms with van der Waals surface area (Å²) in [7, 11) is -3.30. The Bertz CT molecular complexity index is 1020. The second kappa shape index (κ2) is 10.4. The van der Waals surface area contributed by atoms with Crippen LogP contribution in [0.5, 0.6) is 11.5 Å². The molecule has 2 aromatic rings. The number of alkyl carbamates (subject to hydrolysis) is 1. The molecule has 0 saturated carbocycles. The monoisotopic (exact) mass is 475 g/mol. The minimum Gasteiger partial charge on any atom is -0.457 e. The van der Waals surface area contributed by atoms with Crippen LogP contribution in [0.3, 0.4) is 0 Å². The maximum absolute atomic E-state index is 11.9. The molecule has 9 heteroatoms. The first-order chi connectivity index (χ1) is 15.4. The Morgan fingerprint density at radius 1 is 1.00 bits per heavy atom. The molecule has 2 N–H and O–H groups in total. The van der Waals surface area contributed by atoms with Crippen molar-refractivity contribution >= 4 is 21.8 Å². The Kier molecular flexibility index (Phi) is 7.86. The molecular weight excluding hydrogens is 442 g/mol. The third-order valence-electron chi connectivity index (χ3n) is 5.03. The molecule has 0 spiro atoms. The molecule has 1 aliphatic rings. The van der Waals surface area contributed by atoms with Gasteiger partial charge in [0.15, 0.2) is 0 Å². The first kappa shape index (κ1) is 24.9. The fourth-order valence-electron chi connectivity index (χ4n) is 3.57. The Morgan fingerprint density at radius 3 is 2.06 bits per heavy atom. The number of hydrogen-bond acceptors (Lipinski definition) is 6. The number of amides is 1. The van der Waals surface area contributed by atoms with Crippen LogP contribution in [0, 0.1) is 0 Å². The lowest BCUT2D eigenvalue weighted by Gasteiger charge is -2.32. The predicted octanol–water partition coefficient (Wildman–Crippen LogP) is 4.34. The molecule has 0 unspecified atom stereocenters. The van der Waals surface area contributed by atoms with Gasteiger partial charge in [-0.3, -0.25) is 9.62 Å². The van der Waals surface area contributed by atoms with E-state index in [1.54, 1.807) is 24.3 Å². The lowest BCUT2D eigenvalue weighted by atomic mass is 10.0. The van der Waals surface area contributed by atoms with Gasteiger partial charge in [0.1, 0.15) is 17.1 Å². The molecular formula is C24H33N3O5S. The summed E-state index contributed by atoms with van der Waals surface area (Å²) in [5.74, 6) is 1.34. The van der Waals surface area contributed by atoms with Gasteiger partial charge >= 0.3 is 6.09 Å². The molecule has 2 aromatic carbocycles. The van der Waals surface area contributed by atoms with E-state index in [4.69, 9.17) is 9.47 Å². The fourth-order valence-corrected chi connectivity index (χ4v) is 4.14. The van der Waals surface area contributed by atoms with Crippen LogP contribution in [0.1, 0.15) is 39.2 Å². The highest BCUT2D eigenvalue weighted by Gasteiger charge is 2.23. The predicted molar refractivity (Wildman–Crippen MR) is 129 cm³/mol. The number of carbonyl (C=O) groups excluding carboxylic acids is 1. The van der Waals surface area contributed by atoms with E-state index in [0.717, 1.165) is 38.7 Å². The van der Waals surface area contributed by atoms with E-state index >= 15 is 0 Å². The molecule has 0 aliphatic carbocycles. The van der Waals surface area contributed by atoms with Gasteiger partial charge in [-0.1, -0.05) is 12.1 Å². The van der Waals surface area contributed by atoms with Crippen LogP contribution in [0.25, 0.3) is 0 Å². The molecule has 1 amide bonds. The van der Waals surface area contributed by atoms with Crippen LogP contribution in [0.15, 0.2) is 48.5 Å². The minimum atomic E-state index is -3.30. The summed E-state index contributed by atoms with van der Waals surface area (Å²) in [4.78, 5) is 14.3. The van der Waals surface area contributed by atoms with Crippen LogP contribution in [0.4, 0.5) is 10.5 Å². The maximum Gasteiger partial charge on any atom is 0.407 e. The highest BCUT2D eigenvalue weighted by Crippen LogP contribution is 2.24. The van der Waals surface area contributed by atoms with E-state index in [-0.39, 0.29) is 12.1 Å². The SMILES string of the molecule is CC(C)(C)OC(=O)NC1CCN(Cc2ccc(Oc3ccc(NS(C)(=O)=O)cc3)cc2)CC1. The van der Waals surface area contributed by atoms with Crippen LogP contribution in [-0.4, -0.2) is 50.4 Å². The van der Waals surface area contributed by atoms with Gasteiger partial charge in [0.25, 0.3) is 0 Å². The fraction of sp³-hybridized carbons (Fsp3) is 0.458. The lowest BCUT2D eigenvalue weighted by Crippen LogP contribution is -2.45. The molecule has 180 valence electrons. The smallest absolute Gasteiger partial charge is 0.407 e. The molecule has 8 nitrogen and oxygen atoms in total. The number of rotatable bonds is 7. The number of likely N-dealkylation sites (tertiary alicyclic amines) is 1. The van der Waals surface area contributed by atoms with Gasteiger partial charge in [-0.05, 0) is 75.6 Å². The molecule has 1 saturated heterocycles. The number of benzene rings is 2. The summed E-state index contributed by atoms with van der Waals surface area (Å²) in [5.41, 5.74) is 1.19. The van der Waals surface area contributed by atoms with Crippen molar-refractivity contribution in [3.05, 3.63) is 54.1 Å². The number of nitrogens with one attached hydrogen (secondary N) is 2. The highest BCUT2D eigenvalue weighted by atomic mass is 32.2. The molecule has 0 aromatic heterocycles. The summed E-state index contributed by atoms with van der Waals surface area (Å²) < 4.78 is 36.2. The number of sulfonamides is 1. The summed E-state index contributed by atoms with van der Waals surface area (Å²) in [5, 5.41) is 2.97. The molecule has 1 fully saturated rings. The van der Waals surface area contributed by atoms with E-state index in [0.29, 0.717) is 17.2 Å².